The van der Waals surface area contributed by atoms with Crippen LogP contribution < -0.4 is 4.74 Å². The molecule has 0 saturated heterocycles. The Morgan fingerprint density at radius 3 is 2.56 bits per heavy atom. The van der Waals surface area contributed by atoms with Gasteiger partial charge in [0.15, 0.2) is 11.6 Å². The Morgan fingerprint density at radius 2 is 2.06 bits per heavy atom. The minimum atomic E-state index is -0.257. The highest BCUT2D eigenvalue weighted by Gasteiger charge is 2.34. The van der Waals surface area contributed by atoms with Crippen molar-refractivity contribution in [3.63, 3.8) is 0 Å². The third-order valence-corrected chi connectivity index (χ3v) is 4.65. The second kappa shape index (κ2) is 4.74. The van der Waals surface area contributed by atoms with Crippen LogP contribution in [-0.4, -0.2) is 12.4 Å². The van der Waals surface area contributed by atoms with Crippen molar-refractivity contribution in [3.8, 4) is 5.75 Å². The lowest BCUT2D eigenvalue weighted by molar-refractivity contribution is 0.384. The van der Waals surface area contributed by atoms with Gasteiger partial charge < -0.3 is 4.74 Å². The zero-order valence-corrected chi connectivity index (χ0v) is 11.0. The molecule has 1 fully saturated rings. The van der Waals surface area contributed by atoms with Gasteiger partial charge in [0, 0.05) is 10.7 Å². The molecule has 0 aliphatic heterocycles. The average molecular weight is 287 g/mol. The maximum absolute atomic E-state index is 13.7. The fourth-order valence-electron chi connectivity index (χ4n) is 2.55. The summed E-state index contributed by atoms with van der Waals surface area (Å²) in [5, 5.41) is 0.909. The van der Waals surface area contributed by atoms with Gasteiger partial charge in [-0.15, -0.1) is 0 Å². The second-order valence-electron chi connectivity index (χ2n) is 4.47. The van der Waals surface area contributed by atoms with Crippen LogP contribution >= 0.6 is 15.9 Å². The third-order valence-electron chi connectivity index (χ3n) is 3.58. The van der Waals surface area contributed by atoms with Crippen molar-refractivity contribution < 1.29 is 9.13 Å². The zero-order chi connectivity index (χ0) is 11.6. The monoisotopic (exact) mass is 286 g/mol. The Morgan fingerprint density at radius 1 is 1.38 bits per heavy atom. The Kier molecular flexibility index (Phi) is 3.53. The van der Waals surface area contributed by atoms with Crippen LogP contribution in [0, 0.1) is 5.82 Å². The molecule has 88 valence electrons. The van der Waals surface area contributed by atoms with E-state index in [0.717, 1.165) is 23.7 Å². The standard InChI is InChI=1S/C13H16BrFO/c1-16-12-5-4-10(8-11(12)15)13(9-14)6-2-3-7-13/h4-5,8H,2-3,6-7,9H2,1H3. The molecule has 3 heteroatoms. The third kappa shape index (κ3) is 1.97. The van der Waals surface area contributed by atoms with E-state index in [9.17, 15) is 4.39 Å². The van der Waals surface area contributed by atoms with Gasteiger partial charge in [0.25, 0.3) is 0 Å². The summed E-state index contributed by atoms with van der Waals surface area (Å²) in [5.41, 5.74) is 1.23. The van der Waals surface area contributed by atoms with E-state index in [1.807, 2.05) is 6.07 Å². The predicted octanol–water partition coefficient (Wildman–Crippen LogP) is 4.04. The first-order chi connectivity index (χ1) is 7.72. The number of rotatable bonds is 3. The van der Waals surface area contributed by atoms with Crippen molar-refractivity contribution >= 4 is 15.9 Å². The van der Waals surface area contributed by atoms with E-state index in [1.165, 1.54) is 20.0 Å². The Hall–Kier alpha value is -0.570. The molecule has 1 aromatic rings. The average Bonchev–Trinajstić information content (AvgIpc) is 2.78. The lowest BCUT2D eigenvalue weighted by atomic mass is 9.81. The SMILES string of the molecule is COc1ccc(C2(CBr)CCCC2)cc1F. The normalized spacial score (nSPS) is 18.7. The largest absolute Gasteiger partial charge is 0.494 e. The van der Waals surface area contributed by atoms with Crippen molar-refractivity contribution in [3.05, 3.63) is 29.6 Å². The van der Waals surface area contributed by atoms with E-state index in [4.69, 9.17) is 4.74 Å². The Bertz CT molecular complexity index is 372. The molecule has 0 radical (unpaired) electrons. The van der Waals surface area contributed by atoms with E-state index in [0.29, 0.717) is 5.75 Å². The number of ether oxygens (including phenoxy) is 1. The first kappa shape index (κ1) is 11.9. The number of methoxy groups -OCH3 is 1. The molecule has 0 unspecified atom stereocenters. The Labute approximate surface area is 104 Å². The molecule has 1 nitrogen and oxygen atoms in total. The molecule has 0 bridgehead atoms. The van der Waals surface area contributed by atoms with Crippen LogP contribution in [0.1, 0.15) is 31.2 Å². The molecule has 0 heterocycles. The van der Waals surface area contributed by atoms with Crippen LogP contribution in [0.15, 0.2) is 18.2 Å². The number of benzene rings is 1. The van der Waals surface area contributed by atoms with Gasteiger partial charge >= 0.3 is 0 Å². The number of hydrogen-bond donors (Lipinski definition) is 0. The van der Waals surface area contributed by atoms with Crippen molar-refractivity contribution in [2.75, 3.05) is 12.4 Å². The molecule has 2 rings (SSSR count). The molecule has 0 amide bonds. The fraction of sp³-hybridized carbons (Fsp3) is 0.538. The van der Waals surface area contributed by atoms with Gasteiger partial charge in [0.2, 0.25) is 0 Å². The quantitative estimate of drug-likeness (QED) is 0.762. The van der Waals surface area contributed by atoms with Gasteiger partial charge in [-0.25, -0.2) is 4.39 Å². The van der Waals surface area contributed by atoms with Gasteiger partial charge in [0.1, 0.15) is 0 Å². The van der Waals surface area contributed by atoms with Crippen LogP contribution in [0.5, 0.6) is 5.75 Å². The van der Waals surface area contributed by atoms with Crippen LogP contribution in [0.3, 0.4) is 0 Å². The molecule has 1 saturated carbocycles. The zero-order valence-electron chi connectivity index (χ0n) is 9.43. The summed E-state index contributed by atoms with van der Waals surface area (Å²) in [5.74, 6) is 0.0682. The van der Waals surface area contributed by atoms with Crippen LogP contribution in [0.2, 0.25) is 0 Å². The summed E-state index contributed by atoms with van der Waals surface area (Å²) in [6, 6.07) is 5.35. The first-order valence-corrected chi connectivity index (χ1v) is 6.74. The lowest BCUT2D eigenvalue weighted by Gasteiger charge is -2.27. The lowest BCUT2D eigenvalue weighted by Crippen LogP contribution is -2.24. The molecule has 0 N–H and O–H groups in total. The smallest absolute Gasteiger partial charge is 0.165 e. The molecule has 0 aromatic heterocycles. The van der Waals surface area contributed by atoms with Gasteiger partial charge in [-0.3, -0.25) is 0 Å². The summed E-state index contributed by atoms with van der Waals surface area (Å²) < 4.78 is 18.6. The van der Waals surface area contributed by atoms with Gasteiger partial charge in [-0.2, -0.15) is 0 Å². The minimum Gasteiger partial charge on any atom is -0.494 e. The molecular weight excluding hydrogens is 271 g/mol. The van der Waals surface area contributed by atoms with Gasteiger partial charge in [0.05, 0.1) is 7.11 Å². The van der Waals surface area contributed by atoms with Crippen molar-refractivity contribution in [2.45, 2.75) is 31.1 Å². The molecule has 0 spiro atoms. The summed E-state index contributed by atoms with van der Waals surface area (Å²) in [6.07, 6.45) is 4.76. The van der Waals surface area contributed by atoms with Crippen molar-refractivity contribution in [1.82, 2.24) is 0 Å². The van der Waals surface area contributed by atoms with E-state index < -0.39 is 0 Å². The topological polar surface area (TPSA) is 9.23 Å². The van der Waals surface area contributed by atoms with Crippen LogP contribution in [0.25, 0.3) is 0 Å². The minimum absolute atomic E-state index is 0.132. The van der Waals surface area contributed by atoms with Crippen LogP contribution in [0.4, 0.5) is 4.39 Å². The number of halogens is 2. The summed E-state index contributed by atoms with van der Waals surface area (Å²) in [7, 11) is 1.49. The van der Waals surface area contributed by atoms with Gasteiger partial charge in [-0.05, 0) is 30.5 Å². The molecule has 16 heavy (non-hydrogen) atoms. The Balaban J connectivity index is 2.36. The summed E-state index contributed by atoms with van der Waals surface area (Å²) >= 11 is 3.58. The molecular formula is C13H16BrFO. The van der Waals surface area contributed by atoms with Crippen molar-refractivity contribution in [1.29, 1.82) is 0 Å². The maximum Gasteiger partial charge on any atom is 0.165 e. The highest BCUT2D eigenvalue weighted by molar-refractivity contribution is 9.09. The summed E-state index contributed by atoms with van der Waals surface area (Å²) in [4.78, 5) is 0. The fourth-order valence-corrected chi connectivity index (χ4v) is 3.43. The molecule has 1 aliphatic rings. The van der Waals surface area contributed by atoms with Gasteiger partial charge in [-0.1, -0.05) is 34.8 Å². The number of alkyl halides is 1. The van der Waals surface area contributed by atoms with E-state index in [2.05, 4.69) is 15.9 Å². The number of hydrogen-bond acceptors (Lipinski definition) is 1. The van der Waals surface area contributed by atoms with E-state index in [1.54, 1.807) is 12.1 Å². The van der Waals surface area contributed by atoms with Crippen LogP contribution in [-0.2, 0) is 5.41 Å². The first-order valence-electron chi connectivity index (χ1n) is 5.62. The molecule has 1 aromatic carbocycles. The molecule has 0 atom stereocenters. The summed E-state index contributed by atoms with van der Waals surface area (Å²) in [6.45, 7) is 0. The van der Waals surface area contributed by atoms with E-state index in [-0.39, 0.29) is 11.2 Å². The van der Waals surface area contributed by atoms with E-state index >= 15 is 0 Å². The molecule has 1 aliphatic carbocycles. The van der Waals surface area contributed by atoms with Crippen molar-refractivity contribution in [2.24, 2.45) is 0 Å². The highest BCUT2D eigenvalue weighted by atomic mass is 79.9. The predicted molar refractivity (Wildman–Crippen MR) is 66.9 cm³/mol. The maximum atomic E-state index is 13.7. The second-order valence-corrected chi connectivity index (χ2v) is 5.03. The highest BCUT2D eigenvalue weighted by Crippen LogP contribution is 2.43.